The molecule has 2 aromatic carbocycles. The first-order chi connectivity index (χ1) is 14.2. The number of hydrazone groups is 1. The average molecular weight is 410 g/mol. The number of ether oxygens (including phenoxy) is 1. The summed E-state index contributed by atoms with van der Waals surface area (Å²) in [5.74, 6) is -0.0428. The van der Waals surface area contributed by atoms with Crippen LogP contribution in [0, 0.1) is 10.1 Å². The fraction of sp³-hybridized carbons (Fsp3) is 0.364. The van der Waals surface area contributed by atoms with Crippen LogP contribution in [-0.2, 0) is 4.79 Å². The maximum absolute atomic E-state index is 12.0. The Morgan fingerprint density at radius 2 is 2.10 bits per heavy atom. The molecule has 30 heavy (non-hydrogen) atoms. The van der Waals surface area contributed by atoms with Gasteiger partial charge in [-0.1, -0.05) is 25.1 Å². The number of amides is 1. The third-order valence-corrected chi connectivity index (χ3v) is 5.48. The van der Waals surface area contributed by atoms with Crippen molar-refractivity contribution in [1.29, 1.82) is 0 Å². The van der Waals surface area contributed by atoms with Crippen molar-refractivity contribution in [2.45, 2.75) is 38.6 Å². The van der Waals surface area contributed by atoms with Crippen molar-refractivity contribution >= 4 is 23.5 Å². The number of fused-ring (bicyclic) bond motifs is 1. The van der Waals surface area contributed by atoms with Crippen LogP contribution in [0.1, 0.15) is 44.2 Å². The molecule has 1 heterocycles. The lowest BCUT2D eigenvalue weighted by Crippen LogP contribution is -2.45. The minimum absolute atomic E-state index is 0.0392. The van der Waals surface area contributed by atoms with E-state index in [1.54, 1.807) is 12.3 Å². The standard InChI is InChI=1S/C22H26N4O4/c1-15-12-22(2,3)25(4)18-10-9-16(11-17(15)18)13-23-24-21(27)14-30-20-8-6-5-7-19(20)26(28)29/h5-11,13,15H,12,14H2,1-4H3,(H,24,27)/b23-13+. The van der Waals surface area contributed by atoms with E-state index in [2.05, 4.69) is 55.4 Å². The second-order valence-corrected chi connectivity index (χ2v) is 8.10. The molecule has 0 spiro atoms. The molecule has 0 fully saturated rings. The zero-order valence-corrected chi connectivity index (χ0v) is 17.6. The van der Waals surface area contributed by atoms with Gasteiger partial charge >= 0.3 is 5.69 Å². The molecular weight excluding hydrogens is 384 g/mol. The van der Waals surface area contributed by atoms with E-state index in [0.717, 1.165) is 12.0 Å². The van der Waals surface area contributed by atoms with E-state index >= 15 is 0 Å². The summed E-state index contributed by atoms with van der Waals surface area (Å²) in [6.45, 7) is 6.33. The van der Waals surface area contributed by atoms with Gasteiger partial charge in [-0.25, -0.2) is 5.43 Å². The third-order valence-electron chi connectivity index (χ3n) is 5.48. The third kappa shape index (κ3) is 4.59. The van der Waals surface area contributed by atoms with Crippen LogP contribution >= 0.6 is 0 Å². The lowest BCUT2D eigenvalue weighted by atomic mass is 9.80. The van der Waals surface area contributed by atoms with Gasteiger partial charge < -0.3 is 9.64 Å². The molecule has 0 saturated carbocycles. The van der Waals surface area contributed by atoms with Crippen LogP contribution in [0.15, 0.2) is 47.6 Å². The summed E-state index contributed by atoms with van der Waals surface area (Å²) in [4.78, 5) is 24.7. The molecule has 3 rings (SSSR count). The number of carbonyl (C=O) groups excluding carboxylic acids is 1. The summed E-state index contributed by atoms with van der Waals surface area (Å²) < 4.78 is 5.25. The largest absolute Gasteiger partial charge is 0.477 e. The Hall–Kier alpha value is -3.42. The summed E-state index contributed by atoms with van der Waals surface area (Å²) in [6.07, 6.45) is 2.63. The number of nitro groups is 1. The van der Waals surface area contributed by atoms with Crippen LogP contribution in [0.5, 0.6) is 5.75 Å². The van der Waals surface area contributed by atoms with Gasteiger partial charge in [0.15, 0.2) is 12.4 Å². The Morgan fingerprint density at radius 1 is 1.37 bits per heavy atom. The highest BCUT2D eigenvalue weighted by atomic mass is 16.6. The SMILES string of the molecule is CC1CC(C)(C)N(C)c2ccc(/C=N/NC(=O)COc3ccccc3[N+](=O)[O-])cc21. The van der Waals surface area contributed by atoms with Crippen LogP contribution in [-0.4, -0.2) is 36.2 Å². The van der Waals surface area contributed by atoms with Gasteiger partial charge in [0.1, 0.15) is 0 Å². The van der Waals surface area contributed by atoms with E-state index in [0.29, 0.717) is 5.92 Å². The Kier molecular flexibility index (Phi) is 6.05. The van der Waals surface area contributed by atoms with E-state index in [-0.39, 0.29) is 23.6 Å². The lowest BCUT2D eigenvalue weighted by Gasteiger charge is -2.45. The first-order valence-electron chi connectivity index (χ1n) is 9.75. The predicted octanol–water partition coefficient (Wildman–Crippen LogP) is 3.85. The Balaban J connectivity index is 1.60. The van der Waals surface area contributed by atoms with Gasteiger partial charge in [-0.2, -0.15) is 5.10 Å². The van der Waals surface area contributed by atoms with Gasteiger partial charge in [0.25, 0.3) is 5.91 Å². The molecule has 1 amide bonds. The van der Waals surface area contributed by atoms with Gasteiger partial charge in [-0.05, 0) is 55.5 Å². The second kappa shape index (κ2) is 8.52. The molecule has 1 aliphatic heterocycles. The van der Waals surface area contributed by atoms with Crippen molar-refractivity contribution in [2.75, 3.05) is 18.6 Å². The highest BCUT2D eigenvalue weighted by Crippen LogP contribution is 2.42. The molecule has 1 N–H and O–H groups in total. The molecule has 8 nitrogen and oxygen atoms in total. The number of hydrogen-bond donors (Lipinski definition) is 1. The smallest absolute Gasteiger partial charge is 0.310 e. The van der Waals surface area contributed by atoms with Gasteiger partial charge in [-0.15, -0.1) is 0 Å². The van der Waals surface area contributed by atoms with Gasteiger partial charge in [0.2, 0.25) is 0 Å². The minimum atomic E-state index is -0.555. The summed E-state index contributed by atoms with van der Waals surface area (Å²) in [5.41, 5.74) is 5.65. The molecule has 0 aromatic heterocycles. The monoisotopic (exact) mass is 410 g/mol. The lowest BCUT2D eigenvalue weighted by molar-refractivity contribution is -0.385. The molecular formula is C22H26N4O4. The first kappa shape index (κ1) is 21.3. The van der Waals surface area contributed by atoms with Crippen molar-refractivity contribution in [1.82, 2.24) is 5.43 Å². The number of para-hydroxylation sites is 2. The molecule has 1 atom stereocenters. The Bertz CT molecular complexity index is 987. The number of carbonyl (C=O) groups is 1. The van der Waals surface area contributed by atoms with Crippen molar-refractivity contribution in [3.8, 4) is 5.75 Å². The van der Waals surface area contributed by atoms with Crippen molar-refractivity contribution < 1.29 is 14.5 Å². The van der Waals surface area contributed by atoms with Gasteiger partial charge in [0, 0.05) is 24.3 Å². The normalized spacial score (nSPS) is 17.5. The Morgan fingerprint density at radius 3 is 2.83 bits per heavy atom. The highest BCUT2D eigenvalue weighted by Gasteiger charge is 2.33. The number of hydrogen-bond acceptors (Lipinski definition) is 6. The van der Waals surface area contributed by atoms with Crippen molar-refractivity contribution in [3.63, 3.8) is 0 Å². The number of rotatable bonds is 6. The first-order valence-corrected chi connectivity index (χ1v) is 9.75. The van der Waals surface area contributed by atoms with Crippen LogP contribution in [0.3, 0.4) is 0 Å². The van der Waals surface area contributed by atoms with Crippen LogP contribution in [0.4, 0.5) is 11.4 Å². The highest BCUT2D eigenvalue weighted by molar-refractivity contribution is 5.84. The fourth-order valence-corrected chi connectivity index (χ4v) is 3.76. The van der Waals surface area contributed by atoms with Crippen molar-refractivity contribution in [3.05, 3.63) is 63.7 Å². The van der Waals surface area contributed by atoms with E-state index in [1.807, 2.05) is 6.07 Å². The number of benzene rings is 2. The number of anilines is 1. The fourth-order valence-electron chi connectivity index (χ4n) is 3.76. The molecule has 1 aliphatic rings. The van der Waals surface area contributed by atoms with Gasteiger partial charge in [0.05, 0.1) is 11.1 Å². The molecule has 0 radical (unpaired) electrons. The summed E-state index contributed by atoms with van der Waals surface area (Å²) in [7, 11) is 2.11. The molecule has 1 unspecified atom stereocenters. The topological polar surface area (TPSA) is 97.1 Å². The minimum Gasteiger partial charge on any atom is -0.477 e. The molecule has 0 bridgehead atoms. The van der Waals surface area contributed by atoms with E-state index in [4.69, 9.17) is 4.74 Å². The average Bonchev–Trinajstić information content (AvgIpc) is 2.70. The molecule has 0 saturated heterocycles. The number of nitro benzene ring substituents is 1. The molecule has 2 aromatic rings. The van der Waals surface area contributed by atoms with Crippen molar-refractivity contribution in [2.24, 2.45) is 5.10 Å². The van der Waals surface area contributed by atoms with Crippen LogP contribution in [0.25, 0.3) is 0 Å². The molecule has 8 heteroatoms. The van der Waals surface area contributed by atoms with Gasteiger partial charge in [-0.3, -0.25) is 14.9 Å². The maximum atomic E-state index is 12.0. The Labute approximate surface area is 175 Å². The predicted molar refractivity (Wildman–Crippen MR) is 116 cm³/mol. The van der Waals surface area contributed by atoms with E-state index in [1.165, 1.54) is 29.4 Å². The molecule has 158 valence electrons. The number of nitrogens with one attached hydrogen (secondary N) is 1. The summed E-state index contributed by atoms with van der Waals surface area (Å²) in [5, 5.41) is 15.0. The second-order valence-electron chi connectivity index (χ2n) is 8.10. The summed E-state index contributed by atoms with van der Waals surface area (Å²) in [6, 6.07) is 12.0. The zero-order chi connectivity index (χ0) is 21.9. The number of nitrogens with zero attached hydrogens (tertiary/aromatic N) is 3. The molecule has 0 aliphatic carbocycles. The maximum Gasteiger partial charge on any atom is 0.310 e. The van der Waals surface area contributed by atoms with E-state index in [9.17, 15) is 14.9 Å². The van der Waals surface area contributed by atoms with Crippen LogP contribution in [0.2, 0.25) is 0 Å². The van der Waals surface area contributed by atoms with Crippen LogP contribution < -0.4 is 15.1 Å². The summed E-state index contributed by atoms with van der Waals surface area (Å²) >= 11 is 0. The quantitative estimate of drug-likeness (QED) is 0.443. The zero-order valence-electron chi connectivity index (χ0n) is 17.6. The van der Waals surface area contributed by atoms with E-state index < -0.39 is 10.8 Å².